The van der Waals surface area contributed by atoms with E-state index in [1.165, 1.54) is 22.4 Å². The van der Waals surface area contributed by atoms with Crippen molar-refractivity contribution < 1.29 is 9.90 Å². The van der Waals surface area contributed by atoms with Gasteiger partial charge in [0.25, 0.3) is 0 Å². The molecule has 0 radical (unpaired) electrons. The number of nitrogens with one attached hydrogen (secondary N) is 1. The standard InChI is InChI=1S/C13H13N3O3S/c1-16-12(19)14-15-13(16)20-8-10-4-2-9(3-5-10)6-7-11(17)18/h2-7H,8H2,1H3,(H,14,19)(H,17,18). The maximum atomic E-state index is 11.2. The Morgan fingerprint density at radius 2 is 2.15 bits per heavy atom. The summed E-state index contributed by atoms with van der Waals surface area (Å²) < 4.78 is 1.45. The van der Waals surface area contributed by atoms with Crippen LogP contribution in [0.15, 0.2) is 40.3 Å². The second kappa shape index (κ2) is 6.25. The number of aliphatic carboxylic acids is 1. The fourth-order valence-corrected chi connectivity index (χ4v) is 2.38. The molecule has 0 fully saturated rings. The van der Waals surface area contributed by atoms with Crippen LogP contribution in [0.5, 0.6) is 0 Å². The van der Waals surface area contributed by atoms with Gasteiger partial charge < -0.3 is 5.11 Å². The lowest BCUT2D eigenvalue weighted by Gasteiger charge is -2.01. The van der Waals surface area contributed by atoms with E-state index in [4.69, 9.17) is 5.11 Å². The van der Waals surface area contributed by atoms with Crippen molar-refractivity contribution in [3.05, 3.63) is 52.0 Å². The van der Waals surface area contributed by atoms with Crippen molar-refractivity contribution in [1.82, 2.24) is 14.8 Å². The van der Waals surface area contributed by atoms with Crippen LogP contribution >= 0.6 is 11.8 Å². The Morgan fingerprint density at radius 1 is 1.45 bits per heavy atom. The van der Waals surface area contributed by atoms with Gasteiger partial charge in [0, 0.05) is 18.9 Å². The highest BCUT2D eigenvalue weighted by Crippen LogP contribution is 2.19. The predicted molar refractivity (Wildman–Crippen MR) is 76.5 cm³/mol. The molecule has 0 amide bonds. The number of carbonyl (C=O) groups is 1. The van der Waals surface area contributed by atoms with Crippen LogP contribution in [-0.4, -0.2) is 25.8 Å². The zero-order valence-corrected chi connectivity index (χ0v) is 11.6. The topological polar surface area (TPSA) is 88.0 Å². The van der Waals surface area contributed by atoms with E-state index in [1.54, 1.807) is 7.05 Å². The Kier molecular flexibility index (Phi) is 4.41. The summed E-state index contributed by atoms with van der Waals surface area (Å²) in [5, 5.41) is 15.5. The zero-order valence-electron chi connectivity index (χ0n) is 10.7. The molecule has 1 heterocycles. The van der Waals surface area contributed by atoms with Gasteiger partial charge in [-0.15, -0.1) is 5.10 Å². The van der Waals surface area contributed by atoms with Gasteiger partial charge in [0.05, 0.1) is 0 Å². The molecule has 0 aliphatic rings. The molecule has 2 rings (SSSR count). The summed E-state index contributed by atoms with van der Waals surface area (Å²) >= 11 is 1.45. The molecule has 1 aromatic carbocycles. The van der Waals surface area contributed by atoms with E-state index < -0.39 is 5.97 Å². The van der Waals surface area contributed by atoms with Crippen molar-refractivity contribution in [2.75, 3.05) is 0 Å². The average molecular weight is 291 g/mol. The molecule has 6 nitrogen and oxygen atoms in total. The molecule has 2 N–H and O–H groups in total. The summed E-state index contributed by atoms with van der Waals surface area (Å²) in [7, 11) is 1.66. The fraction of sp³-hybridized carbons (Fsp3) is 0.154. The number of benzene rings is 1. The number of H-pyrrole nitrogens is 1. The van der Waals surface area contributed by atoms with E-state index in [-0.39, 0.29) is 5.69 Å². The molecule has 0 atom stereocenters. The van der Waals surface area contributed by atoms with Gasteiger partial charge in [-0.1, -0.05) is 36.0 Å². The fourth-order valence-electron chi connectivity index (χ4n) is 1.50. The normalized spacial score (nSPS) is 11.1. The Balaban J connectivity index is 1.99. The minimum Gasteiger partial charge on any atom is -0.478 e. The van der Waals surface area contributed by atoms with Gasteiger partial charge in [0.2, 0.25) is 0 Å². The van der Waals surface area contributed by atoms with Gasteiger partial charge in [-0.3, -0.25) is 4.57 Å². The number of thioether (sulfide) groups is 1. The molecular weight excluding hydrogens is 278 g/mol. The number of carboxylic acids is 1. The molecule has 0 saturated carbocycles. The number of rotatable bonds is 5. The summed E-state index contributed by atoms with van der Waals surface area (Å²) in [6.07, 6.45) is 2.64. The van der Waals surface area contributed by atoms with Gasteiger partial charge in [-0.05, 0) is 17.2 Å². The lowest BCUT2D eigenvalue weighted by Crippen LogP contribution is -2.12. The van der Waals surface area contributed by atoms with Crippen LogP contribution in [0.3, 0.4) is 0 Å². The van der Waals surface area contributed by atoms with Crippen molar-refractivity contribution >= 4 is 23.8 Å². The molecule has 0 bridgehead atoms. The molecule has 20 heavy (non-hydrogen) atoms. The second-order valence-corrected chi connectivity index (χ2v) is 5.01. The lowest BCUT2D eigenvalue weighted by molar-refractivity contribution is -0.131. The minimum atomic E-state index is -0.968. The van der Waals surface area contributed by atoms with Gasteiger partial charge in [0.1, 0.15) is 0 Å². The van der Waals surface area contributed by atoms with E-state index in [2.05, 4.69) is 10.2 Å². The Bertz CT molecular complexity index is 686. The molecule has 0 spiro atoms. The average Bonchev–Trinajstić information content (AvgIpc) is 2.75. The van der Waals surface area contributed by atoms with Crippen molar-refractivity contribution in [1.29, 1.82) is 0 Å². The van der Waals surface area contributed by atoms with Crippen molar-refractivity contribution in [2.24, 2.45) is 7.05 Å². The van der Waals surface area contributed by atoms with E-state index in [0.29, 0.717) is 10.9 Å². The SMILES string of the molecule is Cn1c(SCc2ccc(C=CC(=O)O)cc2)n[nH]c1=O. The first kappa shape index (κ1) is 14.1. The third kappa shape index (κ3) is 3.61. The number of aromatic amines is 1. The zero-order chi connectivity index (χ0) is 14.5. The molecule has 1 aromatic heterocycles. The van der Waals surface area contributed by atoms with E-state index in [0.717, 1.165) is 17.2 Å². The maximum absolute atomic E-state index is 11.2. The van der Waals surface area contributed by atoms with Crippen molar-refractivity contribution in [2.45, 2.75) is 10.9 Å². The molecule has 0 aliphatic heterocycles. The lowest BCUT2D eigenvalue weighted by atomic mass is 10.1. The van der Waals surface area contributed by atoms with Crippen molar-refractivity contribution in [3.8, 4) is 0 Å². The second-order valence-electron chi connectivity index (χ2n) is 4.07. The van der Waals surface area contributed by atoms with Crippen LogP contribution in [0, 0.1) is 0 Å². The van der Waals surface area contributed by atoms with Gasteiger partial charge in [-0.2, -0.15) is 0 Å². The number of aromatic nitrogens is 3. The number of nitrogens with zero attached hydrogens (tertiary/aromatic N) is 2. The first-order chi connectivity index (χ1) is 9.56. The van der Waals surface area contributed by atoms with Crippen LogP contribution in [0.4, 0.5) is 0 Å². The third-order valence-electron chi connectivity index (χ3n) is 2.60. The first-order valence-corrected chi connectivity index (χ1v) is 6.79. The van der Waals surface area contributed by atoms with Gasteiger partial charge in [0.15, 0.2) is 5.16 Å². The van der Waals surface area contributed by atoms with Crippen LogP contribution in [-0.2, 0) is 17.6 Å². The summed E-state index contributed by atoms with van der Waals surface area (Å²) in [5.41, 5.74) is 1.66. The number of hydrogen-bond donors (Lipinski definition) is 2. The Hall–Kier alpha value is -2.28. The van der Waals surface area contributed by atoms with Gasteiger partial charge in [-0.25, -0.2) is 14.7 Å². The summed E-state index contributed by atoms with van der Waals surface area (Å²) in [5.74, 6) is -0.287. The van der Waals surface area contributed by atoms with Crippen LogP contribution < -0.4 is 5.69 Å². The predicted octanol–water partition coefficient (Wildman–Crippen LogP) is 1.50. The van der Waals surface area contributed by atoms with E-state index in [9.17, 15) is 9.59 Å². The van der Waals surface area contributed by atoms with Crippen LogP contribution in [0.25, 0.3) is 6.08 Å². The molecule has 0 unspecified atom stereocenters. The summed E-state index contributed by atoms with van der Waals surface area (Å²) in [6.45, 7) is 0. The number of hydrogen-bond acceptors (Lipinski definition) is 4. The quantitative estimate of drug-likeness (QED) is 0.644. The third-order valence-corrected chi connectivity index (χ3v) is 3.71. The molecule has 104 valence electrons. The highest BCUT2D eigenvalue weighted by atomic mass is 32.2. The largest absolute Gasteiger partial charge is 0.478 e. The van der Waals surface area contributed by atoms with E-state index >= 15 is 0 Å². The van der Waals surface area contributed by atoms with Gasteiger partial charge >= 0.3 is 11.7 Å². The van der Waals surface area contributed by atoms with Crippen LogP contribution in [0.2, 0.25) is 0 Å². The molecule has 7 heteroatoms. The smallest absolute Gasteiger partial charge is 0.343 e. The summed E-state index contributed by atoms with van der Waals surface area (Å²) in [4.78, 5) is 21.6. The van der Waals surface area contributed by atoms with Crippen LogP contribution in [0.1, 0.15) is 11.1 Å². The van der Waals surface area contributed by atoms with Crippen molar-refractivity contribution in [3.63, 3.8) is 0 Å². The monoisotopic (exact) mass is 291 g/mol. The molecular formula is C13H13N3O3S. The number of carboxylic acid groups (broad SMARTS) is 1. The molecule has 0 saturated heterocycles. The highest BCUT2D eigenvalue weighted by Gasteiger charge is 2.04. The maximum Gasteiger partial charge on any atom is 0.343 e. The first-order valence-electron chi connectivity index (χ1n) is 5.80. The summed E-state index contributed by atoms with van der Waals surface area (Å²) in [6, 6.07) is 7.52. The van der Waals surface area contributed by atoms with E-state index in [1.807, 2.05) is 24.3 Å². The highest BCUT2D eigenvalue weighted by molar-refractivity contribution is 7.98. The molecule has 2 aromatic rings. The Labute approximate surface area is 119 Å². The minimum absolute atomic E-state index is 0.235. The Morgan fingerprint density at radius 3 is 2.70 bits per heavy atom. The molecule has 0 aliphatic carbocycles.